The molecule has 2 aromatic heterocycles. The molecule has 0 spiro atoms. The van der Waals surface area contributed by atoms with Gasteiger partial charge < -0.3 is 10.3 Å². The van der Waals surface area contributed by atoms with Crippen LogP contribution in [0.1, 0.15) is 0 Å². The molecule has 0 fully saturated rings. The number of hydrogen-bond acceptors (Lipinski definition) is 2. The number of anilines is 1. The molecule has 2 aromatic rings. The Bertz CT molecular complexity index is 348. The molecule has 60 valence electrons. The Morgan fingerprint density at radius 2 is 1.92 bits per heavy atom. The normalized spacial score (nSPS) is 10.0. The number of hydrogen-bond donors (Lipinski definition) is 1. The summed E-state index contributed by atoms with van der Waals surface area (Å²) in [5, 5.41) is 0. The van der Waals surface area contributed by atoms with Crippen molar-refractivity contribution in [1.82, 2.24) is 9.55 Å². The first-order chi connectivity index (χ1) is 5.86. The molecule has 3 heteroatoms. The Labute approximate surface area is 70.5 Å². The lowest BCUT2D eigenvalue weighted by Gasteiger charge is -2.00. The van der Waals surface area contributed by atoms with Gasteiger partial charge in [0.1, 0.15) is 5.82 Å². The minimum absolute atomic E-state index is 0.547. The van der Waals surface area contributed by atoms with E-state index in [1.54, 1.807) is 12.3 Å². The van der Waals surface area contributed by atoms with Gasteiger partial charge in [0.25, 0.3) is 0 Å². The SMILES string of the molecule is Nc1ccc(-n2cccc2)cn1. The Morgan fingerprint density at radius 1 is 1.17 bits per heavy atom. The van der Waals surface area contributed by atoms with Crippen LogP contribution in [0.4, 0.5) is 5.82 Å². The van der Waals surface area contributed by atoms with Crippen molar-refractivity contribution in [2.24, 2.45) is 0 Å². The van der Waals surface area contributed by atoms with Crippen molar-refractivity contribution < 1.29 is 0 Å². The first-order valence-electron chi connectivity index (χ1n) is 3.71. The van der Waals surface area contributed by atoms with Gasteiger partial charge in [0.2, 0.25) is 0 Å². The molecule has 2 rings (SSSR count). The topological polar surface area (TPSA) is 43.8 Å². The average Bonchev–Trinajstić information content (AvgIpc) is 2.58. The fourth-order valence-corrected chi connectivity index (χ4v) is 1.06. The fourth-order valence-electron chi connectivity index (χ4n) is 1.06. The molecule has 3 nitrogen and oxygen atoms in total. The second kappa shape index (κ2) is 2.70. The summed E-state index contributed by atoms with van der Waals surface area (Å²) in [6.07, 6.45) is 5.68. The van der Waals surface area contributed by atoms with E-state index in [1.165, 1.54) is 0 Å². The van der Waals surface area contributed by atoms with Crippen LogP contribution in [0, 0.1) is 0 Å². The molecule has 0 aromatic carbocycles. The first-order valence-corrected chi connectivity index (χ1v) is 3.71. The van der Waals surface area contributed by atoms with Crippen molar-refractivity contribution in [1.29, 1.82) is 0 Å². The third kappa shape index (κ3) is 1.16. The minimum Gasteiger partial charge on any atom is -0.384 e. The van der Waals surface area contributed by atoms with Crippen LogP contribution in [0.15, 0.2) is 42.9 Å². The molecular weight excluding hydrogens is 150 g/mol. The van der Waals surface area contributed by atoms with Gasteiger partial charge in [-0.15, -0.1) is 0 Å². The molecule has 0 bridgehead atoms. The van der Waals surface area contributed by atoms with Crippen LogP contribution >= 0.6 is 0 Å². The lowest BCUT2D eigenvalue weighted by atomic mass is 10.4. The van der Waals surface area contributed by atoms with Crippen LogP contribution in [0.2, 0.25) is 0 Å². The van der Waals surface area contributed by atoms with Crippen molar-refractivity contribution in [3.05, 3.63) is 42.9 Å². The van der Waals surface area contributed by atoms with E-state index < -0.39 is 0 Å². The molecule has 2 heterocycles. The van der Waals surface area contributed by atoms with E-state index >= 15 is 0 Å². The summed E-state index contributed by atoms with van der Waals surface area (Å²) >= 11 is 0. The van der Waals surface area contributed by atoms with E-state index in [0.717, 1.165) is 5.69 Å². The molecular formula is C9H9N3. The van der Waals surface area contributed by atoms with Crippen LogP contribution in [0.3, 0.4) is 0 Å². The van der Waals surface area contributed by atoms with E-state index in [1.807, 2.05) is 35.2 Å². The summed E-state index contributed by atoms with van der Waals surface area (Å²) in [5.74, 6) is 0.547. The van der Waals surface area contributed by atoms with Gasteiger partial charge >= 0.3 is 0 Å². The number of pyridine rings is 1. The summed E-state index contributed by atoms with van der Waals surface area (Å²) in [5.41, 5.74) is 6.48. The standard InChI is InChI=1S/C9H9N3/c10-9-4-3-8(7-11-9)12-5-1-2-6-12/h1-7H,(H2,10,11). The summed E-state index contributed by atoms with van der Waals surface area (Å²) in [4.78, 5) is 3.99. The van der Waals surface area contributed by atoms with Crippen molar-refractivity contribution in [3.63, 3.8) is 0 Å². The zero-order valence-electron chi connectivity index (χ0n) is 6.51. The quantitative estimate of drug-likeness (QED) is 0.684. The monoisotopic (exact) mass is 159 g/mol. The molecule has 0 aliphatic carbocycles. The highest BCUT2D eigenvalue weighted by Crippen LogP contribution is 2.07. The predicted molar refractivity (Wildman–Crippen MR) is 48.0 cm³/mol. The van der Waals surface area contributed by atoms with Crippen molar-refractivity contribution in [3.8, 4) is 5.69 Å². The van der Waals surface area contributed by atoms with Crippen molar-refractivity contribution in [2.45, 2.75) is 0 Å². The molecule has 0 amide bonds. The van der Waals surface area contributed by atoms with E-state index in [-0.39, 0.29) is 0 Å². The smallest absolute Gasteiger partial charge is 0.123 e. The summed E-state index contributed by atoms with van der Waals surface area (Å²) in [6.45, 7) is 0. The lowest BCUT2D eigenvalue weighted by Crippen LogP contribution is -1.93. The average molecular weight is 159 g/mol. The lowest BCUT2D eigenvalue weighted by molar-refractivity contribution is 1.06. The van der Waals surface area contributed by atoms with E-state index in [4.69, 9.17) is 5.73 Å². The van der Waals surface area contributed by atoms with Gasteiger partial charge in [-0.25, -0.2) is 4.98 Å². The highest BCUT2D eigenvalue weighted by Gasteiger charge is 1.92. The summed E-state index contributed by atoms with van der Waals surface area (Å²) < 4.78 is 1.98. The summed E-state index contributed by atoms with van der Waals surface area (Å²) in [7, 11) is 0. The van der Waals surface area contributed by atoms with Gasteiger partial charge in [-0.05, 0) is 24.3 Å². The maximum Gasteiger partial charge on any atom is 0.123 e. The van der Waals surface area contributed by atoms with Gasteiger partial charge in [0.05, 0.1) is 11.9 Å². The Kier molecular flexibility index (Phi) is 1.55. The maximum absolute atomic E-state index is 5.46. The fraction of sp³-hybridized carbons (Fsp3) is 0. The second-order valence-corrected chi connectivity index (χ2v) is 2.53. The molecule has 2 N–H and O–H groups in total. The van der Waals surface area contributed by atoms with Crippen molar-refractivity contribution >= 4 is 5.82 Å². The third-order valence-electron chi connectivity index (χ3n) is 1.67. The van der Waals surface area contributed by atoms with Crippen LogP contribution in [0.25, 0.3) is 5.69 Å². The van der Waals surface area contributed by atoms with Gasteiger partial charge in [-0.2, -0.15) is 0 Å². The molecule has 0 aliphatic heterocycles. The Balaban J connectivity index is 2.43. The zero-order chi connectivity index (χ0) is 8.39. The number of nitrogen functional groups attached to an aromatic ring is 1. The molecule has 0 unspecified atom stereocenters. The predicted octanol–water partition coefficient (Wildman–Crippen LogP) is 1.45. The van der Waals surface area contributed by atoms with E-state index in [0.29, 0.717) is 5.82 Å². The van der Waals surface area contributed by atoms with Gasteiger partial charge in [0, 0.05) is 12.4 Å². The highest BCUT2D eigenvalue weighted by molar-refractivity contribution is 5.37. The molecule has 0 saturated carbocycles. The van der Waals surface area contributed by atoms with Crippen LogP contribution in [0.5, 0.6) is 0 Å². The minimum atomic E-state index is 0.547. The molecule has 0 atom stereocenters. The molecule has 0 radical (unpaired) electrons. The van der Waals surface area contributed by atoms with Gasteiger partial charge in [-0.3, -0.25) is 0 Å². The summed E-state index contributed by atoms with van der Waals surface area (Å²) in [6, 6.07) is 7.66. The Morgan fingerprint density at radius 3 is 2.50 bits per heavy atom. The highest BCUT2D eigenvalue weighted by atomic mass is 15.0. The van der Waals surface area contributed by atoms with E-state index in [9.17, 15) is 0 Å². The van der Waals surface area contributed by atoms with Crippen LogP contribution in [-0.4, -0.2) is 9.55 Å². The zero-order valence-corrected chi connectivity index (χ0v) is 6.51. The number of nitrogens with two attached hydrogens (primary N) is 1. The van der Waals surface area contributed by atoms with Gasteiger partial charge in [0.15, 0.2) is 0 Å². The first kappa shape index (κ1) is 6.91. The van der Waals surface area contributed by atoms with Crippen LogP contribution in [-0.2, 0) is 0 Å². The van der Waals surface area contributed by atoms with Crippen molar-refractivity contribution in [2.75, 3.05) is 5.73 Å². The second-order valence-electron chi connectivity index (χ2n) is 2.53. The maximum atomic E-state index is 5.46. The Hall–Kier alpha value is -1.77. The van der Waals surface area contributed by atoms with E-state index in [2.05, 4.69) is 4.98 Å². The molecule has 0 aliphatic rings. The molecule has 0 saturated heterocycles. The molecule has 12 heavy (non-hydrogen) atoms. The number of nitrogens with zero attached hydrogens (tertiary/aromatic N) is 2. The van der Waals surface area contributed by atoms with Crippen LogP contribution < -0.4 is 5.73 Å². The number of rotatable bonds is 1. The third-order valence-corrected chi connectivity index (χ3v) is 1.67. The largest absolute Gasteiger partial charge is 0.384 e. The van der Waals surface area contributed by atoms with Gasteiger partial charge in [-0.1, -0.05) is 0 Å². The number of aromatic nitrogens is 2.